The van der Waals surface area contributed by atoms with Crippen LogP contribution in [0.15, 0.2) is 18.2 Å². The third-order valence-electron chi connectivity index (χ3n) is 4.54. The SMILES string of the molecule is COCCN1CC[C@H](CN(C)Cc2ccc(OC)cc2C)C1. The van der Waals surface area contributed by atoms with Crippen LogP contribution in [0, 0.1) is 12.8 Å². The van der Waals surface area contributed by atoms with Crippen molar-refractivity contribution in [3.05, 3.63) is 29.3 Å². The number of likely N-dealkylation sites (tertiary alicyclic amines) is 1. The number of hydrogen-bond donors (Lipinski definition) is 0. The first-order chi connectivity index (χ1) is 10.6. The Morgan fingerprint density at radius 3 is 2.82 bits per heavy atom. The molecule has 1 heterocycles. The first-order valence-electron chi connectivity index (χ1n) is 8.15. The third-order valence-corrected chi connectivity index (χ3v) is 4.54. The van der Waals surface area contributed by atoms with Gasteiger partial charge < -0.3 is 19.3 Å². The number of ether oxygens (including phenoxy) is 2. The highest BCUT2D eigenvalue weighted by molar-refractivity contribution is 5.34. The van der Waals surface area contributed by atoms with Crippen molar-refractivity contribution in [1.29, 1.82) is 0 Å². The maximum absolute atomic E-state index is 5.28. The molecule has 0 bridgehead atoms. The lowest BCUT2D eigenvalue weighted by Gasteiger charge is -2.22. The van der Waals surface area contributed by atoms with E-state index in [4.69, 9.17) is 9.47 Å². The summed E-state index contributed by atoms with van der Waals surface area (Å²) >= 11 is 0. The van der Waals surface area contributed by atoms with E-state index in [9.17, 15) is 0 Å². The molecule has 22 heavy (non-hydrogen) atoms. The number of aryl methyl sites for hydroxylation is 1. The Bertz CT molecular complexity index is 464. The van der Waals surface area contributed by atoms with Gasteiger partial charge in [0.05, 0.1) is 13.7 Å². The fourth-order valence-electron chi connectivity index (χ4n) is 3.25. The standard InChI is InChI=1S/C18H30N2O2/c1-15-11-18(22-4)6-5-17(15)14-19(2)12-16-7-8-20(13-16)9-10-21-3/h5-6,11,16H,7-10,12-14H2,1-4H3/t16-/m1/s1. The summed E-state index contributed by atoms with van der Waals surface area (Å²) in [7, 11) is 5.72. The molecule has 0 aliphatic carbocycles. The van der Waals surface area contributed by atoms with Gasteiger partial charge in [0, 0.05) is 33.3 Å². The second-order valence-corrected chi connectivity index (χ2v) is 6.44. The van der Waals surface area contributed by atoms with Gasteiger partial charge in [-0.2, -0.15) is 0 Å². The summed E-state index contributed by atoms with van der Waals surface area (Å²) in [4.78, 5) is 4.96. The minimum absolute atomic E-state index is 0.778. The van der Waals surface area contributed by atoms with Gasteiger partial charge in [-0.25, -0.2) is 0 Å². The van der Waals surface area contributed by atoms with E-state index in [2.05, 4.69) is 42.0 Å². The predicted molar refractivity (Wildman–Crippen MR) is 90.5 cm³/mol. The molecule has 0 amide bonds. The number of hydrogen-bond acceptors (Lipinski definition) is 4. The van der Waals surface area contributed by atoms with E-state index in [1.807, 2.05) is 0 Å². The first-order valence-corrected chi connectivity index (χ1v) is 8.15. The van der Waals surface area contributed by atoms with Crippen LogP contribution in [-0.2, 0) is 11.3 Å². The summed E-state index contributed by atoms with van der Waals surface area (Å²) in [5, 5.41) is 0. The van der Waals surface area contributed by atoms with Crippen LogP contribution in [0.2, 0.25) is 0 Å². The van der Waals surface area contributed by atoms with Crippen LogP contribution in [0.4, 0.5) is 0 Å². The van der Waals surface area contributed by atoms with Crippen LogP contribution in [0.5, 0.6) is 5.75 Å². The highest BCUT2D eigenvalue weighted by atomic mass is 16.5. The highest BCUT2D eigenvalue weighted by Gasteiger charge is 2.23. The minimum atomic E-state index is 0.778. The molecule has 1 aromatic rings. The zero-order valence-corrected chi connectivity index (χ0v) is 14.5. The molecule has 0 unspecified atom stereocenters. The topological polar surface area (TPSA) is 24.9 Å². The normalized spacial score (nSPS) is 19.0. The third kappa shape index (κ3) is 4.97. The smallest absolute Gasteiger partial charge is 0.119 e. The molecule has 0 radical (unpaired) electrons. The molecule has 0 saturated carbocycles. The molecule has 124 valence electrons. The van der Waals surface area contributed by atoms with Crippen molar-refractivity contribution in [2.45, 2.75) is 19.9 Å². The minimum Gasteiger partial charge on any atom is -0.497 e. The molecule has 4 heteroatoms. The van der Waals surface area contributed by atoms with E-state index in [-0.39, 0.29) is 0 Å². The molecule has 1 saturated heterocycles. The number of benzene rings is 1. The van der Waals surface area contributed by atoms with Crippen molar-refractivity contribution in [2.75, 3.05) is 54.1 Å². The number of nitrogens with zero attached hydrogens (tertiary/aromatic N) is 2. The van der Waals surface area contributed by atoms with Crippen LogP contribution >= 0.6 is 0 Å². The monoisotopic (exact) mass is 306 g/mol. The predicted octanol–water partition coefficient (Wildman–Crippen LogP) is 2.40. The van der Waals surface area contributed by atoms with E-state index in [0.29, 0.717) is 0 Å². The lowest BCUT2D eigenvalue weighted by Crippen LogP contribution is -2.29. The zero-order valence-electron chi connectivity index (χ0n) is 14.5. The summed E-state index contributed by atoms with van der Waals surface area (Å²) in [5.74, 6) is 1.72. The van der Waals surface area contributed by atoms with Crippen LogP contribution in [0.1, 0.15) is 17.5 Å². The van der Waals surface area contributed by atoms with Crippen LogP contribution in [-0.4, -0.2) is 63.9 Å². The van der Waals surface area contributed by atoms with Gasteiger partial charge in [-0.1, -0.05) is 6.07 Å². The Hall–Kier alpha value is -1.10. The second kappa shape index (κ2) is 8.51. The summed E-state index contributed by atoms with van der Waals surface area (Å²) in [6.07, 6.45) is 1.30. The van der Waals surface area contributed by atoms with Crippen molar-refractivity contribution in [3.8, 4) is 5.75 Å². The van der Waals surface area contributed by atoms with Crippen molar-refractivity contribution in [3.63, 3.8) is 0 Å². The molecule has 0 N–H and O–H groups in total. The summed E-state index contributed by atoms with van der Waals surface area (Å²) < 4.78 is 10.4. The Morgan fingerprint density at radius 1 is 1.32 bits per heavy atom. The molecular weight excluding hydrogens is 276 g/mol. The number of methoxy groups -OCH3 is 2. The van der Waals surface area contributed by atoms with E-state index in [0.717, 1.165) is 37.9 Å². The van der Waals surface area contributed by atoms with E-state index in [1.165, 1.54) is 30.6 Å². The second-order valence-electron chi connectivity index (χ2n) is 6.44. The molecule has 1 aromatic carbocycles. The van der Waals surface area contributed by atoms with E-state index >= 15 is 0 Å². The average Bonchev–Trinajstić information content (AvgIpc) is 2.94. The Balaban J connectivity index is 1.79. The number of rotatable bonds is 8. The summed E-state index contributed by atoms with van der Waals surface area (Å²) in [5.41, 5.74) is 2.69. The van der Waals surface area contributed by atoms with Crippen molar-refractivity contribution in [1.82, 2.24) is 9.80 Å². The Kier molecular flexibility index (Phi) is 6.68. The summed E-state index contributed by atoms with van der Waals surface area (Å²) in [6, 6.07) is 6.35. The van der Waals surface area contributed by atoms with Gasteiger partial charge in [-0.3, -0.25) is 0 Å². The molecule has 0 spiro atoms. The molecule has 0 aromatic heterocycles. The van der Waals surface area contributed by atoms with Gasteiger partial charge in [-0.15, -0.1) is 0 Å². The van der Waals surface area contributed by atoms with Crippen molar-refractivity contribution < 1.29 is 9.47 Å². The van der Waals surface area contributed by atoms with Crippen LogP contribution in [0.25, 0.3) is 0 Å². The Labute approximate surface area is 135 Å². The summed E-state index contributed by atoms with van der Waals surface area (Å²) in [6.45, 7) is 8.65. The Morgan fingerprint density at radius 2 is 2.14 bits per heavy atom. The quantitative estimate of drug-likeness (QED) is 0.736. The average molecular weight is 306 g/mol. The van der Waals surface area contributed by atoms with E-state index < -0.39 is 0 Å². The van der Waals surface area contributed by atoms with Crippen LogP contribution < -0.4 is 4.74 Å². The van der Waals surface area contributed by atoms with E-state index in [1.54, 1.807) is 14.2 Å². The van der Waals surface area contributed by atoms with Gasteiger partial charge in [0.1, 0.15) is 5.75 Å². The lowest BCUT2D eigenvalue weighted by atomic mass is 10.1. The molecular formula is C18H30N2O2. The largest absolute Gasteiger partial charge is 0.497 e. The first kappa shape index (κ1) is 17.3. The maximum Gasteiger partial charge on any atom is 0.119 e. The van der Waals surface area contributed by atoms with Gasteiger partial charge in [0.25, 0.3) is 0 Å². The molecule has 1 aliphatic heterocycles. The van der Waals surface area contributed by atoms with Gasteiger partial charge in [-0.05, 0) is 56.1 Å². The molecule has 2 rings (SSSR count). The van der Waals surface area contributed by atoms with Gasteiger partial charge in [0.2, 0.25) is 0 Å². The molecule has 1 fully saturated rings. The zero-order chi connectivity index (χ0) is 15.9. The molecule has 1 atom stereocenters. The highest BCUT2D eigenvalue weighted by Crippen LogP contribution is 2.20. The molecule has 4 nitrogen and oxygen atoms in total. The van der Waals surface area contributed by atoms with Crippen LogP contribution in [0.3, 0.4) is 0 Å². The van der Waals surface area contributed by atoms with Crippen molar-refractivity contribution in [2.24, 2.45) is 5.92 Å². The van der Waals surface area contributed by atoms with Gasteiger partial charge >= 0.3 is 0 Å². The van der Waals surface area contributed by atoms with Gasteiger partial charge in [0.15, 0.2) is 0 Å². The molecule has 1 aliphatic rings. The fraction of sp³-hybridized carbons (Fsp3) is 0.667. The maximum atomic E-state index is 5.28. The fourth-order valence-corrected chi connectivity index (χ4v) is 3.25. The lowest BCUT2D eigenvalue weighted by molar-refractivity contribution is 0.157. The van der Waals surface area contributed by atoms with Crippen molar-refractivity contribution >= 4 is 0 Å².